The number of piperidine rings is 2. The zero-order valence-corrected chi connectivity index (χ0v) is 17.8. The number of carbonyl (C=O) groups excluding carboxylic acids is 3. The quantitative estimate of drug-likeness (QED) is 0.576. The number of hydrogen-bond donors (Lipinski definition) is 3. The van der Waals surface area contributed by atoms with Gasteiger partial charge in [0, 0.05) is 31.0 Å². The molecule has 10 heteroatoms. The van der Waals surface area contributed by atoms with Crippen molar-refractivity contribution in [1.82, 2.24) is 30.3 Å². The van der Waals surface area contributed by atoms with Crippen LogP contribution in [0.4, 0.5) is 0 Å². The second-order valence-corrected chi connectivity index (χ2v) is 8.79. The number of nitrogens with two attached hydrogens (primary N) is 1. The van der Waals surface area contributed by atoms with Crippen LogP contribution in [-0.2, 0) is 29.2 Å². The molecule has 32 heavy (non-hydrogen) atoms. The van der Waals surface area contributed by atoms with Gasteiger partial charge in [-0.25, -0.2) is 4.98 Å². The Morgan fingerprint density at radius 2 is 1.94 bits per heavy atom. The van der Waals surface area contributed by atoms with Crippen LogP contribution in [0.3, 0.4) is 0 Å². The molecule has 0 bridgehead atoms. The number of aromatic amines is 1. The Morgan fingerprint density at radius 1 is 1.12 bits per heavy atom. The van der Waals surface area contributed by atoms with Crippen LogP contribution >= 0.6 is 0 Å². The van der Waals surface area contributed by atoms with Gasteiger partial charge in [0.1, 0.15) is 11.9 Å². The second-order valence-electron chi connectivity index (χ2n) is 8.79. The number of imide groups is 1. The first kappa shape index (κ1) is 20.8. The van der Waals surface area contributed by atoms with Crippen molar-refractivity contribution in [1.29, 1.82) is 0 Å². The van der Waals surface area contributed by atoms with Crippen LogP contribution in [0.5, 0.6) is 0 Å². The van der Waals surface area contributed by atoms with Crippen molar-refractivity contribution in [2.24, 2.45) is 5.73 Å². The average Bonchev–Trinajstić information content (AvgIpc) is 3.39. The lowest BCUT2D eigenvalue weighted by molar-refractivity contribution is -0.136. The maximum Gasteiger partial charge on any atom is 0.255 e. The second kappa shape index (κ2) is 8.44. The van der Waals surface area contributed by atoms with E-state index >= 15 is 0 Å². The van der Waals surface area contributed by atoms with E-state index in [1.807, 2.05) is 12.1 Å². The normalized spacial score (nSPS) is 22.3. The van der Waals surface area contributed by atoms with Crippen LogP contribution in [0.2, 0.25) is 0 Å². The molecule has 1 unspecified atom stereocenters. The summed E-state index contributed by atoms with van der Waals surface area (Å²) >= 11 is 0. The number of H-pyrrole nitrogens is 1. The van der Waals surface area contributed by atoms with E-state index in [9.17, 15) is 14.4 Å². The minimum atomic E-state index is -0.578. The van der Waals surface area contributed by atoms with Crippen LogP contribution in [0.15, 0.2) is 18.2 Å². The standard InChI is InChI=1S/C22H27N7O3/c23-10-18-24-20(27-26-18)14-5-7-28(8-6-14)11-13-1-2-16-15(9-13)12-29(22(16)32)17-3-4-19(30)25-21(17)31/h1-2,9,14,17H,3-8,10-12,23H2,(H,24,26,27)(H,25,30,31). The molecule has 2 fully saturated rings. The van der Waals surface area contributed by atoms with Gasteiger partial charge in [-0.1, -0.05) is 12.1 Å². The molecule has 2 aromatic rings. The van der Waals surface area contributed by atoms with E-state index in [-0.39, 0.29) is 24.1 Å². The predicted octanol–water partition coefficient (Wildman–Crippen LogP) is 0.404. The molecule has 10 nitrogen and oxygen atoms in total. The summed E-state index contributed by atoms with van der Waals surface area (Å²) in [5.74, 6) is 1.14. The lowest BCUT2D eigenvalue weighted by atomic mass is 9.95. The minimum Gasteiger partial charge on any atom is -0.324 e. The zero-order chi connectivity index (χ0) is 22.2. The first-order valence-electron chi connectivity index (χ1n) is 11.1. The monoisotopic (exact) mass is 437 g/mol. The van der Waals surface area contributed by atoms with Crippen LogP contribution in [0.25, 0.3) is 0 Å². The van der Waals surface area contributed by atoms with Crippen LogP contribution in [0, 0.1) is 0 Å². The van der Waals surface area contributed by atoms with Gasteiger partial charge >= 0.3 is 0 Å². The molecule has 2 saturated heterocycles. The van der Waals surface area contributed by atoms with Crippen LogP contribution in [0.1, 0.15) is 64.7 Å². The van der Waals surface area contributed by atoms with Crippen LogP contribution in [-0.4, -0.2) is 61.8 Å². The third kappa shape index (κ3) is 3.91. The van der Waals surface area contributed by atoms with Gasteiger partial charge in [-0.05, 0) is 49.5 Å². The average molecular weight is 438 g/mol. The molecule has 4 N–H and O–H groups in total. The largest absolute Gasteiger partial charge is 0.324 e. The maximum atomic E-state index is 12.8. The molecule has 0 aliphatic carbocycles. The number of likely N-dealkylation sites (tertiary alicyclic amines) is 1. The predicted molar refractivity (Wildman–Crippen MR) is 114 cm³/mol. The highest BCUT2D eigenvalue weighted by Gasteiger charge is 2.39. The molecule has 5 rings (SSSR count). The van der Waals surface area contributed by atoms with Gasteiger partial charge in [-0.3, -0.25) is 29.7 Å². The van der Waals surface area contributed by atoms with Gasteiger partial charge in [0.15, 0.2) is 5.82 Å². The fraction of sp³-hybridized carbons (Fsp3) is 0.500. The van der Waals surface area contributed by atoms with Crippen molar-refractivity contribution in [3.8, 4) is 0 Å². The number of amides is 3. The van der Waals surface area contributed by atoms with Crippen molar-refractivity contribution in [3.05, 3.63) is 46.5 Å². The van der Waals surface area contributed by atoms with Gasteiger partial charge in [0.05, 0.1) is 6.54 Å². The van der Waals surface area contributed by atoms with Crippen molar-refractivity contribution in [3.63, 3.8) is 0 Å². The molecule has 3 aliphatic heterocycles. The first-order chi connectivity index (χ1) is 15.5. The molecule has 1 aromatic heterocycles. The summed E-state index contributed by atoms with van der Waals surface area (Å²) < 4.78 is 0. The summed E-state index contributed by atoms with van der Waals surface area (Å²) in [5, 5.41) is 9.54. The Kier molecular flexibility index (Phi) is 5.48. The Bertz CT molecular complexity index is 1060. The number of aromatic nitrogens is 3. The van der Waals surface area contributed by atoms with E-state index in [0.717, 1.165) is 55.3 Å². The number of benzene rings is 1. The molecule has 3 amide bonds. The molecule has 0 saturated carbocycles. The van der Waals surface area contributed by atoms with Gasteiger partial charge < -0.3 is 10.6 Å². The van der Waals surface area contributed by atoms with E-state index in [1.165, 1.54) is 0 Å². The van der Waals surface area contributed by atoms with Crippen molar-refractivity contribution < 1.29 is 14.4 Å². The molecule has 0 spiro atoms. The molecule has 1 aromatic carbocycles. The van der Waals surface area contributed by atoms with Crippen molar-refractivity contribution >= 4 is 17.7 Å². The molecular formula is C22H27N7O3. The highest BCUT2D eigenvalue weighted by Crippen LogP contribution is 2.30. The Labute approximate surface area is 185 Å². The molecule has 0 radical (unpaired) electrons. The number of carbonyl (C=O) groups is 3. The molecule has 168 valence electrons. The van der Waals surface area contributed by atoms with Gasteiger partial charge in [0.25, 0.3) is 5.91 Å². The molecule has 1 atom stereocenters. The summed E-state index contributed by atoms with van der Waals surface area (Å²) in [6, 6.07) is 5.37. The molecular weight excluding hydrogens is 410 g/mol. The number of nitrogens with one attached hydrogen (secondary N) is 2. The van der Waals surface area contributed by atoms with E-state index in [0.29, 0.717) is 31.0 Å². The highest BCUT2D eigenvalue weighted by molar-refractivity contribution is 6.05. The van der Waals surface area contributed by atoms with E-state index in [1.54, 1.807) is 4.90 Å². The zero-order valence-electron chi connectivity index (χ0n) is 17.8. The number of rotatable bonds is 5. The Morgan fingerprint density at radius 3 is 2.66 bits per heavy atom. The maximum absolute atomic E-state index is 12.8. The Hall–Kier alpha value is -3.11. The summed E-state index contributed by atoms with van der Waals surface area (Å²) in [5.41, 5.74) is 8.36. The van der Waals surface area contributed by atoms with Gasteiger partial charge in [-0.15, -0.1) is 0 Å². The van der Waals surface area contributed by atoms with E-state index in [2.05, 4.69) is 31.5 Å². The Balaban J connectivity index is 1.20. The SMILES string of the molecule is NCc1nc(C2CCN(Cc3ccc4c(c3)CN(C3CCC(=O)NC3=O)C4=O)CC2)n[nH]1. The van der Waals surface area contributed by atoms with Crippen molar-refractivity contribution in [2.75, 3.05) is 13.1 Å². The number of hydrogen-bond acceptors (Lipinski definition) is 7. The third-order valence-electron chi connectivity index (χ3n) is 6.69. The van der Waals surface area contributed by atoms with Crippen molar-refractivity contribution in [2.45, 2.75) is 57.3 Å². The highest BCUT2D eigenvalue weighted by atomic mass is 16.2. The topological polar surface area (TPSA) is 137 Å². The number of nitrogens with zero attached hydrogens (tertiary/aromatic N) is 4. The van der Waals surface area contributed by atoms with E-state index < -0.39 is 6.04 Å². The lowest BCUT2D eigenvalue weighted by Gasteiger charge is -2.30. The van der Waals surface area contributed by atoms with Gasteiger partial charge in [-0.2, -0.15) is 5.10 Å². The van der Waals surface area contributed by atoms with Gasteiger partial charge in [0.2, 0.25) is 11.8 Å². The first-order valence-corrected chi connectivity index (χ1v) is 11.1. The van der Waals surface area contributed by atoms with Crippen LogP contribution < -0.4 is 11.1 Å². The number of fused-ring (bicyclic) bond motifs is 1. The summed E-state index contributed by atoms with van der Waals surface area (Å²) in [6.07, 6.45) is 2.63. The summed E-state index contributed by atoms with van der Waals surface area (Å²) in [4.78, 5) is 45.0. The summed E-state index contributed by atoms with van der Waals surface area (Å²) in [6.45, 7) is 3.50. The smallest absolute Gasteiger partial charge is 0.255 e. The summed E-state index contributed by atoms with van der Waals surface area (Å²) in [7, 11) is 0. The fourth-order valence-corrected chi connectivity index (χ4v) is 4.92. The molecule has 3 aliphatic rings. The minimum absolute atomic E-state index is 0.134. The fourth-order valence-electron chi connectivity index (χ4n) is 4.92. The third-order valence-corrected chi connectivity index (χ3v) is 6.69. The van der Waals surface area contributed by atoms with E-state index in [4.69, 9.17) is 5.73 Å². The molecule has 4 heterocycles. The lowest BCUT2D eigenvalue weighted by Crippen LogP contribution is -2.52.